The van der Waals surface area contributed by atoms with E-state index in [4.69, 9.17) is 9.84 Å². The Bertz CT molecular complexity index is 670. The van der Waals surface area contributed by atoms with Crippen LogP contribution in [0.3, 0.4) is 0 Å². The normalized spacial score (nSPS) is 16.6. The molecule has 0 spiro atoms. The first-order chi connectivity index (χ1) is 9.70. The summed E-state index contributed by atoms with van der Waals surface area (Å²) in [6.45, 7) is 2.38. The smallest absolute Gasteiger partial charge is 0.339 e. The van der Waals surface area contributed by atoms with Crippen LogP contribution in [0.15, 0.2) is 30.5 Å². The molecule has 0 saturated carbocycles. The van der Waals surface area contributed by atoms with E-state index < -0.39 is 5.97 Å². The number of aromatic nitrogens is 2. The van der Waals surface area contributed by atoms with Gasteiger partial charge >= 0.3 is 5.97 Å². The third kappa shape index (κ3) is 2.01. The number of hydrogen-bond acceptors (Lipinski definition) is 4. The maximum atomic E-state index is 11.1. The second-order valence-corrected chi connectivity index (χ2v) is 4.65. The second kappa shape index (κ2) is 4.92. The van der Waals surface area contributed by atoms with Crippen molar-refractivity contribution in [1.29, 1.82) is 0 Å². The predicted molar refractivity (Wildman–Crippen MR) is 72.1 cm³/mol. The molecule has 0 radical (unpaired) electrons. The molecule has 20 heavy (non-hydrogen) atoms. The molecular formula is C15H14N2O3. The van der Waals surface area contributed by atoms with Gasteiger partial charge in [0.1, 0.15) is 18.2 Å². The van der Waals surface area contributed by atoms with Crippen LogP contribution in [0, 0.1) is 0 Å². The Morgan fingerprint density at radius 1 is 1.45 bits per heavy atom. The van der Waals surface area contributed by atoms with Crippen LogP contribution in [0.4, 0.5) is 0 Å². The molecule has 0 saturated heterocycles. The highest BCUT2D eigenvalue weighted by Crippen LogP contribution is 2.36. The van der Waals surface area contributed by atoms with Crippen molar-refractivity contribution in [3.8, 4) is 5.75 Å². The Labute approximate surface area is 116 Å². The van der Waals surface area contributed by atoms with Crippen LogP contribution >= 0.6 is 0 Å². The van der Waals surface area contributed by atoms with Gasteiger partial charge in [0.05, 0.1) is 17.2 Å². The van der Waals surface area contributed by atoms with Crippen molar-refractivity contribution in [2.45, 2.75) is 19.3 Å². The molecule has 1 atom stereocenters. The summed E-state index contributed by atoms with van der Waals surface area (Å²) in [5, 5.41) is 9.11. The molecule has 102 valence electrons. The fourth-order valence-corrected chi connectivity index (χ4v) is 2.42. The number of ether oxygens (including phenoxy) is 1. The zero-order valence-corrected chi connectivity index (χ0v) is 11.0. The van der Waals surface area contributed by atoms with Gasteiger partial charge in [0.25, 0.3) is 0 Å². The molecule has 3 rings (SSSR count). The van der Waals surface area contributed by atoms with Crippen molar-refractivity contribution in [2.75, 3.05) is 6.61 Å². The summed E-state index contributed by atoms with van der Waals surface area (Å²) >= 11 is 0. The van der Waals surface area contributed by atoms with Crippen molar-refractivity contribution in [1.82, 2.24) is 9.97 Å². The second-order valence-electron chi connectivity index (χ2n) is 4.65. The largest absolute Gasteiger partial charge is 0.492 e. The number of aromatic carboxylic acids is 1. The fourth-order valence-electron chi connectivity index (χ4n) is 2.42. The molecular weight excluding hydrogens is 256 g/mol. The fraction of sp³-hybridized carbons (Fsp3) is 0.267. The Hall–Kier alpha value is -2.43. The average molecular weight is 270 g/mol. The van der Waals surface area contributed by atoms with Crippen LogP contribution < -0.4 is 4.74 Å². The van der Waals surface area contributed by atoms with Crippen LogP contribution in [0.25, 0.3) is 0 Å². The third-order valence-electron chi connectivity index (χ3n) is 3.46. The molecule has 1 aliphatic heterocycles. The van der Waals surface area contributed by atoms with E-state index in [1.165, 1.54) is 6.20 Å². The molecule has 0 aliphatic carbocycles. The molecule has 5 nitrogen and oxygen atoms in total. The Balaban J connectivity index is 2.02. The molecule has 1 aromatic heterocycles. The highest BCUT2D eigenvalue weighted by Gasteiger charge is 2.28. The number of benzene rings is 1. The molecule has 0 amide bonds. The summed E-state index contributed by atoms with van der Waals surface area (Å²) in [4.78, 5) is 19.7. The summed E-state index contributed by atoms with van der Waals surface area (Å²) in [5.74, 6) is 0.453. The van der Waals surface area contributed by atoms with Crippen molar-refractivity contribution < 1.29 is 14.6 Å². The van der Waals surface area contributed by atoms with E-state index >= 15 is 0 Å². The lowest BCUT2D eigenvalue weighted by molar-refractivity contribution is 0.0694. The molecule has 1 aromatic carbocycles. The summed E-state index contributed by atoms with van der Waals surface area (Å²) in [6.07, 6.45) is 1.96. The van der Waals surface area contributed by atoms with E-state index in [1.807, 2.05) is 31.2 Å². The molecule has 1 aliphatic rings. The monoisotopic (exact) mass is 270 g/mol. The number of hydrogen-bond donors (Lipinski definition) is 1. The molecule has 2 heterocycles. The van der Waals surface area contributed by atoms with Crippen LogP contribution in [0.5, 0.6) is 5.75 Å². The Kier molecular flexibility index (Phi) is 3.10. The maximum Gasteiger partial charge on any atom is 0.339 e. The van der Waals surface area contributed by atoms with E-state index in [9.17, 15) is 4.79 Å². The summed E-state index contributed by atoms with van der Waals surface area (Å²) in [5.41, 5.74) is 1.79. The minimum absolute atomic E-state index is 0.0284. The van der Waals surface area contributed by atoms with Crippen molar-refractivity contribution in [2.24, 2.45) is 0 Å². The van der Waals surface area contributed by atoms with Gasteiger partial charge in [-0.1, -0.05) is 25.1 Å². The number of para-hydroxylation sites is 1. The van der Waals surface area contributed by atoms with Gasteiger partial charge < -0.3 is 9.84 Å². The van der Waals surface area contributed by atoms with Gasteiger partial charge in [-0.2, -0.15) is 0 Å². The van der Waals surface area contributed by atoms with Gasteiger partial charge in [-0.3, -0.25) is 0 Å². The SMILES string of the molecule is CCc1nc(C2COc3ccccc32)ncc1C(=O)O. The van der Waals surface area contributed by atoms with E-state index in [2.05, 4.69) is 9.97 Å². The van der Waals surface area contributed by atoms with Gasteiger partial charge in [0.15, 0.2) is 0 Å². The minimum Gasteiger partial charge on any atom is -0.492 e. The quantitative estimate of drug-likeness (QED) is 0.926. The first-order valence-corrected chi connectivity index (χ1v) is 6.51. The lowest BCUT2D eigenvalue weighted by atomic mass is 10.00. The standard InChI is InChI=1S/C15H14N2O3/c1-2-12-10(15(18)19)7-16-14(17-12)11-8-20-13-6-4-3-5-9(11)13/h3-7,11H,2,8H2,1H3,(H,18,19). The van der Waals surface area contributed by atoms with Crippen LogP contribution in [0.1, 0.15) is 40.3 Å². The van der Waals surface area contributed by atoms with E-state index in [1.54, 1.807) is 0 Å². The Morgan fingerprint density at radius 3 is 3.00 bits per heavy atom. The highest BCUT2D eigenvalue weighted by atomic mass is 16.5. The minimum atomic E-state index is -0.989. The number of rotatable bonds is 3. The molecule has 1 N–H and O–H groups in total. The molecule has 2 aromatic rings. The molecule has 0 fully saturated rings. The van der Waals surface area contributed by atoms with Crippen molar-refractivity contribution >= 4 is 5.97 Å². The van der Waals surface area contributed by atoms with Crippen LogP contribution in [0.2, 0.25) is 0 Å². The zero-order chi connectivity index (χ0) is 14.1. The van der Waals surface area contributed by atoms with Crippen molar-refractivity contribution in [3.05, 3.63) is 53.1 Å². The summed E-state index contributed by atoms with van der Waals surface area (Å²) in [7, 11) is 0. The lowest BCUT2D eigenvalue weighted by Gasteiger charge is -2.10. The van der Waals surface area contributed by atoms with Gasteiger partial charge in [-0.15, -0.1) is 0 Å². The number of aryl methyl sites for hydroxylation is 1. The maximum absolute atomic E-state index is 11.1. The van der Waals surface area contributed by atoms with E-state index in [0.717, 1.165) is 11.3 Å². The van der Waals surface area contributed by atoms with Crippen LogP contribution in [-0.2, 0) is 6.42 Å². The Morgan fingerprint density at radius 2 is 2.25 bits per heavy atom. The van der Waals surface area contributed by atoms with E-state index in [-0.39, 0.29) is 11.5 Å². The number of fused-ring (bicyclic) bond motifs is 1. The van der Waals surface area contributed by atoms with E-state index in [0.29, 0.717) is 24.5 Å². The third-order valence-corrected chi connectivity index (χ3v) is 3.46. The molecule has 0 bridgehead atoms. The zero-order valence-electron chi connectivity index (χ0n) is 11.0. The summed E-state index contributed by atoms with van der Waals surface area (Å²) in [6, 6.07) is 7.79. The van der Waals surface area contributed by atoms with Gasteiger partial charge in [-0.25, -0.2) is 14.8 Å². The predicted octanol–water partition coefficient (Wildman–Crippen LogP) is 2.26. The number of carbonyl (C=O) groups is 1. The highest BCUT2D eigenvalue weighted by molar-refractivity contribution is 5.88. The van der Waals surface area contributed by atoms with Gasteiger partial charge in [0.2, 0.25) is 0 Å². The first kappa shape index (κ1) is 12.6. The number of carboxylic acids is 1. The van der Waals surface area contributed by atoms with Gasteiger partial charge in [-0.05, 0) is 12.5 Å². The molecule has 1 unspecified atom stereocenters. The van der Waals surface area contributed by atoms with Gasteiger partial charge in [0, 0.05) is 11.8 Å². The van der Waals surface area contributed by atoms with Crippen LogP contribution in [-0.4, -0.2) is 27.7 Å². The lowest BCUT2D eigenvalue weighted by Crippen LogP contribution is -2.13. The summed E-state index contributed by atoms with van der Waals surface area (Å²) < 4.78 is 5.62. The topological polar surface area (TPSA) is 72.3 Å². The average Bonchev–Trinajstić information content (AvgIpc) is 2.90. The number of carboxylic acid groups (broad SMARTS) is 1. The van der Waals surface area contributed by atoms with Crippen molar-refractivity contribution in [3.63, 3.8) is 0 Å². The molecule has 5 heteroatoms. The number of nitrogens with zero attached hydrogens (tertiary/aromatic N) is 2. The first-order valence-electron chi connectivity index (χ1n) is 6.51.